The molecule has 1 aliphatic heterocycles. The Hall–Kier alpha value is -3.61. The van der Waals surface area contributed by atoms with Crippen molar-refractivity contribution in [3.63, 3.8) is 0 Å². The number of carbonyl (C=O) groups excluding carboxylic acids is 1. The molecule has 0 bridgehead atoms. The van der Waals surface area contributed by atoms with Crippen molar-refractivity contribution in [3.8, 4) is 0 Å². The number of amides is 2. The maximum atomic E-state index is 12.8. The molecule has 3 aromatic rings. The van der Waals surface area contributed by atoms with Gasteiger partial charge in [0.05, 0.1) is 11.3 Å². The van der Waals surface area contributed by atoms with E-state index in [4.69, 9.17) is 0 Å². The van der Waals surface area contributed by atoms with Crippen LogP contribution in [0.4, 0.5) is 23.7 Å². The normalized spacial score (nSPS) is 16.5. The molecule has 0 aliphatic carbocycles. The highest BCUT2D eigenvalue weighted by molar-refractivity contribution is 6.06. The molecule has 31 heavy (non-hydrogen) atoms. The van der Waals surface area contributed by atoms with Gasteiger partial charge in [-0.2, -0.15) is 18.3 Å². The van der Waals surface area contributed by atoms with Crippen molar-refractivity contribution in [1.82, 2.24) is 5.01 Å². The van der Waals surface area contributed by atoms with Crippen LogP contribution in [0.2, 0.25) is 0 Å². The molecule has 2 amide bonds. The molecule has 4 rings (SSSR count). The standard InChI is InChI=1S/C24H20F3N3O/c25-24(26,27)19-11-13-20(14-12-19)28-23(31)30-16-15-21(17-7-3-1-4-8-17)22(29-30)18-9-5-2-6-10-18/h1-14,21H,15-16H2,(H,28,31). The summed E-state index contributed by atoms with van der Waals surface area (Å²) in [6, 6.07) is 23.5. The quantitative estimate of drug-likeness (QED) is 0.541. The van der Waals surface area contributed by atoms with Crippen molar-refractivity contribution in [2.75, 3.05) is 11.9 Å². The number of nitrogens with one attached hydrogen (secondary N) is 1. The predicted molar refractivity (Wildman–Crippen MR) is 114 cm³/mol. The molecule has 4 nitrogen and oxygen atoms in total. The first-order chi connectivity index (χ1) is 14.9. The zero-order valence-electron chi connectivity index (χ0n) is 16.5. The summed E-state index contributed by atoms with van der Waals surface area (Å²) in [6.45, 7) is 0.391. The third-order valence-electron chi connectivity index (χ3n) is 5.16. The van der Waals surface area contributed by atoms with Gasteiger partial charge < -0.3 is 5.32 Å². The van der Waals surface area contributed by atoms with E-state index in [9.17, 15) is 18.0 Å². The van der Waals surface area contributed by atoms with Crippen molar-refractivity contribution in [2.45, 2.75) is 18.5 Å². The number of alkyl halides is 3. The van der Waals surface area contributed by atoms with E-state index >= 15 is 0 Å². The topological polar surface area (TPSA) is 44.7 Å². The minimum absolute atomic E-state index is 0.0405. The SMILES string of the molecule is O=C(Nc1ccc(C(F)(F)F)cc1)N1CCC(c2ccccc2)C(c2ccccc2)=N1. The van der Waals surface area contributed by atoms with Crippen LogP contribution in [0.5, 0.6) is 0 Å². The monoisotopic (exact) mass is 423 g/mol. The Balaban J connectivity index is 1.58. The van der Waals surface area contributed by atoms with E-state index in [2.05, 4.69) is 10.4 Å². The lowest BCUT2D eigenvalue weighted by atomic mass is 9.86. The van der Waals surface area contributed by atoms with Crippen LogP contribution in [-0.4, -0.2) is 23.3 Å². The van der Waals surface area contributed by atoms with Gasteiger partial charge in [-0.1, -0.05) is 60.7 Å². The van der Waals surface area contributed by atoms with Gasteiger partial charge in [-0.15, -0.1) is 0 Å². The molecule has 0 aromatic heterocycles. The average Bonchev–Trinajstić information content (AvgIpc) is 2.79. The molecule has 1 unspecified atom stereocenters. The number of rotatable bonds is 3. The van der Waals surface area contributed by atoms with Crippen molar-refractivity contribution in [1.29, 1.82) is 0 Å². The van der Waals surface area contributed by atoms with Gasteiger partial charge in [-0.25, -0.2) is 9.80 Å². The maximum absolute atomic E-state index is 12.8. The number of hydrazone groups is 1. The molecule has 0 fully saturated rings. The lowest BCUT2D eigenvalue weighted by Crippen LogP contribution is -2.38. The zero-order valence-corrected chi connectivity index (χ0v) is 16.5. The lowest BCUT2D eigenvalue weighted by Gasteiger charge is -2.30. The molecular formula is C24H20F3N3O. The van der Waals surface area contributed by atoms with Gasteiger partial charge in [0.15, 0.2) is 0 Å². The largest absolute Gasteiger partial charge is 0.416 e. The Morgan fingerprint density at radius 1 is 0.903 bits per heavy atom. The van der Waals surface area contributed by atoms with Crippen molar-refractivity contribution < 1.29 is 18.0 Å². The summed E-state index contributed by atoms with van der Waals surface area (Å²) in [5, 5.41) is 8.58. The molecule has 1 heterocycles. The number of urea groups is 1. The third kappa shape index (κ3) is 4.77. The number of hydrogen-bond acceptors (Lipinski definition) is 2. The fraction of sp³-hybridized carbons (Fsp3) is 0.167. The van der Waals surface area contributed by atoms with E-state index in [1.165, 1.54) is 17.1 Å². The summed E-state index contributed by atoms with van der Waals surface area (Å²) < 4.78 is 38.2. The molecule has 0 spiro atoms. The second-order valence-electron chi connectivity index (χ2n) is 7.23. The Kier molecular flexibility index (Phi) is 5.75. The molecular weight excluding hydrogens is 403 g/mol. The van der Waals surface area contributed by atoms with Gasteiger partial charge in [0.2, 0.25) is 0 Å². The second kappa shape index (κ2) is 8.63. The lowest BCUT2D eigenvalue weighted by molar-refractivity contribution is -0.137. The number of halogens is 3. The third-order valence-corrected chi connectivity index (χ3v) is 5.16. The first-order valence-electron chi connectivity index (χ1n) is 9.86. The average molecular weight is 423 g/mol. The molecule has 0 saturated heterocycles. The Bertz CT molecular complexity index is 1060. The van der Waals surface area contributed by atoms with Crippen LogP contribution in [0, 0.1) is 0 Å². The molecule has 7 heteroatoms. The van der Waals surface area contributed by atoms with Crippen LogP contribution in [-0.2, 0) is 6.18 Å². The summed E-state index contributed by atoms with van der Waals surface area (Å²) in [4.78, 5) is 12.8. The molecule has 0 radical (unpaired) electrons. The second-order valence-corrected chi connectivity index (χ2v) is 7.23. The molecule has 1 atom stereocenters. The molecule has 1 aliphatic rings. The molecule has 3 aromatic carbocycles. The highest BCUT2D eigenvalue weighted by Gasteiger charge is 2.31. The van der Waals surface area contributed by atoms with Crippen LogP contribution in [0.3, 0.4) is 0 Å². The van der Waals surface area contributed by atoms with Crippen LogP contribution in [0.15, 0.2) is 90.0 Å². The van der Waals surface area contributed by atoms with Crippen LogP contribution < -0.4 is 5.32 Å². The number of anilines is 1. The Morgan fingerprint density at radius 2 is 1.52 bits per heavy atom. The van der Waals surface area contributed by atoms with Gasteiger partial charge in [0.25, 0.3) is 0 Å². The van der Waals surface area contributed by atoms with Crippen molar-refractivity contribution in [2.24, 2.45) is 5.10 Å². The van der Waals surface area contributed by atoms with Crippen LogP contribution in [0.25, 0.3) is 0 Å². The van der Waals surface area contributed by atoms with E-state index in [-0.39, 0.29) is 11.6 Å². The summed E-state index contributed by atoms with van der Waals surface area (Å²) in [6.07, 6.45) is -3.74. The van der Waals surface area contributed by atoms with E-state index in [0.717, 1.165) is 29.0 Å². The van der Waals surface area contributed by atoms with E-state index in [0.29, 0.717) is 13.0 Å². The molecule has 1 N–H and O–H groups in total. The fourth-order valence-corrected chi connectivity index (χ4v) is 3.59. The summed E-state index contributed by atoms with van der Waals surface area (Å²) in [5.41, 5.74) is 2.33. The maximum Gasteiger partial charge on any atom is 0.416 e. The first kappa shape index (κ1) is 20.7. The number of nitrogens with zero attached hydrogens (tertiary/aromatic N) is 2. The van der Waals surface area contributed by atoms with Crippen LogP contribution in [0.1, 0.15) is 29.0 Å². The van der Waals surface area contributed by atoms with Gasteiger partial charge in [-0.05, 0) is 41.8 Å². The minimum Gasteiger partial charge on any atom is -0.306 e. The Labute approximate surface area is 178 Å². The van der Waals surface area contributed by atoms with Crippen molar-refractivity contribution >= 4 is 17.4 Å². The Morgan fingerprint density at radius 3 is 2.13 bits per heavy atom. The predicted octanol–water partition coefficient (Wildman–Crippen LogP) is 6.13. The summed E-state index contributed by atoms with van der Waals surface area (Å²) in [5.74, 6) is 0.0405. The van der Waals surface area contributed by atoms with Gasteiger partial charge in [-0.3, -0.25) is 0 Å². The summed E-state index contributed by atoms with van der Waals surface area (Å²) >= 11 is 0. The fourth-order valence-electron chi connectivity index (χ4n) is 3.59. The molecule has 158 valence electrons. The van der Waals surface area contributed by atoms with Gasteiger partial charge in [0.1, 0.15) is 0 Å². The number of carbonyl (C=O) groups is 1. The van der Waals surface area contributed by atoms with E-state index in [1.54, 1.807) is 0 Å². The van der Waals surface area contributed by atoms with E-state index in [1.807, 2.05) is 60.7 Å². The molecule has 0 saturated carbocycles. The summed E-state index contributed by atoms with van der Waals surface area (Å²) in [7, 11) is 0. The van der Waals surface area contributed by atoms with Crippen molar-refractivity contribution in [3.05, 3.63) is 102 Å². The smallest absolute Gasteiger partial charge is 0.306 e. The van der Waals surface area contributed by atoms with Gasteiger partial charge in [0, 0.05) is 18.2 Å². The first-order valence-corrected chi connectivity index (χ1v) is 9.86. The highest BCUT2D eigenvalue weighted by atomic mass is 19.4. The van der Waals surface area contributed by atoms with E-state index < -0.39 is 17.8 Å². The van der Waals surface area contributed by atoms with Gasteiger partial charge >= 0.3 is 12.2 Å². The van der Waals surface area contributed by atoms with Crippen LogP contribution >= 0.6 is 0 Å². The minimum atomic E-state index is -4.42. The zero-order chi connectivity index (χ0) is 21.8. The number of benzene rings is 3. The number of hydrogen-bond donors (Lipinski definition) is 1. The highest BCUT2D eigenvalue weighted by Crippen LogP contribution is 2.31.